The second kappa shape index (κ2) is 5.25. The molecule has 18 heavy (non-hydrogen) atoms. The van der Waals surface area contributed by atoms with Gasteiger partial charge in [-0.1, -0.05) is 12.8 Å². The molecule has 0 aliphatic heterocycles. The Balaban J connectivity index is 2.09. The second-order valence-electron chi connectivity index (χ2n) is 5.03. The Labute approximate surface area is 107 Å². The molecule has 0 unspecified atom stereocenters. The highest BCUT2D eigenvalue weighted by atomic mass is 16.6. The van der Waals surface area contributed by atoms with Crippen molar-refractivity contribution >= 4 is 17.1 Å². The summed E-state index contributed by atoms with van der Waals surface area (Å²) >= 11 is 0. The average Bonchev–Trinajstić information content (AvgIpc) is 2.81. The number of anilines is 2. The Morgan fingerprint density at radius 2 is 2.11 bits per heavy atom. The van der Waals surface area contributed by atoms with Gasteiger partial charge in [-0.2, -0.15) is 0 Å². The maximum atomic E-state index is 10.6. The molecule has 0 saturated heterocycles. The molecule has 0 radical (unpaired) electrons. The van der Waals surface area contributed by atoms with Crippen molar-refractivity contribution in [3.8, 4) is 0 Å². The molecule has 5 heteroatoms. The van der Waals surface area contributed by atoms with Crippen LogP contribution < -0.4 is 10.6 Å². The van der Waals surface area contributed by atoms with E-state index in [1.165, 1.54) is 37.8 Å². The predicted octanol–water partition coefficient (Wildman–Crippen LogP) is 2.80. The van der Waals surface area contributed by atoms with E-state index in [4.69, 9.17) is 5.73 Å². The Hall–Kier alpha value is -1.78. The first kappa shape index (κ1) is 12.7. The molecular weight excluding hydrogens is 230 g/mol. The fraction of sp³-hybridized carbons (Fsp3) is 0.538. The molecule has 2 rings (SSSR count). The lowest BCUT2D eigenvalue weighted by molar-refractivity contribution is -0.384. The minimum absolute atomic E-state index is 0.0468. The zero-order valence-electron chi connectivity index (χ0n) is 10.6. The van der Waals surface area contributed by atoms with E-state index >= 15 is 0 Å². The molecule has 5 nitrogen and oxygen atoms in total. The topological polar surface area (TPSA) is 72.4 Å². The van der Waals surface area contributed by atoms with Crippen molar-refractivity contribution in [3.05, 3.63) is 28.3 Å². The van der Waals surface area contributed by atoms with Gasteiger partial charge in [-0.3, -0.25) is 10.1 Å². The van der Waals surface area contributed by atoms with Crippen molar-refractivity contribution in [1.29, 1.82) is 0 Å². The van der Waals surface area contributed by atoms with Gasteiger partial charge in [0.25, 0.3) is 5.69 Å². The number of nitro benzene ring substituents is 1. The van der Waals surface area contributed by atoms with E-state index in [9.17, 15) is 10.1 Å². The van der Waals surface area contributed by atoms with Gasteiger partial charge < -0.3 is 10.6 Å². The zero-order chi connectivity index (χ0) is 13.1. The number of non-ortho nitro benzene ring substituents is 1. The summed E-state index contributed by atoms with van der Waals surface area (Å²) in [6, 6.07) is 4.68. The maximum absolute atomic E-state index is 10.6. The number of hydrogen-bond donors (Lipinski definition) is 1. The van der Waals surface area contributed by atoms with Crippen LogP contribution >= 0.6 is 0 Å². The van der Waals surface area contributed by atoms with E-state index in [-0.39, 0.29) is 5.69 Å². The molecule has 2 N–H and O–H groups in total. The molecule has 1 aromatic rings. The third-order valence-electron chi connectivity index (χ3n) is 3.64. The maximum Gasteiger partial charge on any atom is 0.271 e. The summed E-state index contributed by atoms with van der Waals surface area (Å²) < 4.78 is 0. The quantitative estimate of drug-likeness (QED) is 0.506. The third-order valence-corrected chi connectivity index (χ3v) is 3.64. The Kier molecular flexibility index (Phi) is 3.69. The average molecular weight is 249 g/mol. The van der Waals surface area contributed by atoms with Crippen LogP contribution in [0, 0.1) is 16.0 Å². The second-order valence-corrected chi connectivity index (χ2v) is 5.03. The van der Waals surface area contributed by atoms with Crippen molar-refractivity contribution < 1.29 is 4.92 Å². The fourth-order valence-electron chi connectivity index (χ4n) is 2.68. The van der Waals surface area contributed by atoms with Crippen molar-refractivity contribution in [2.75, 3.05) is 24.2 Å². The van der Waals surface area contributed by atoms with E-state index in [0.717, 1.165) is 18.2 Å². The molecule has 1 aliphatic carbocycles. The summed E-state index contributed by atoms with van der Waals surface area (Å²) in [7, 11) is 2.00. The van der Waals surface area contributed by atoms with Crippen LogP contribution in [0.5, 0.6) is 0 Å². The van der Waals surface area contributed by atoms with E-state index in [1.807, 2.05) is 7.05 Å². The first-order valence-electron chi connectivity index (χ1n) is 6.33. The highest BCUT2D eigenvalue weighted by Gasteiger charge is 2.18. The van der Waals surface area contributed by atoms with Gasteiger partial charge in [0.15, 0.2) is 0 Å². The smallest absolute Gasteiger partial charge is 0.271 e. The van der Waals surface area contributed by atoms with Gasteiger partial charge in [0, 0.05) is 25.7 Å². The fourth-order valence-corrected chi connectivity index (χ4v) is 2.68. The number of nitrogens with two attached hydrogens (primary N) is 1. The molecular formula is C13H19N3O2. The number of nitrogen functional groups attached to an aromatic ring is 1. The lowest BCUT2D eigenvalue weighted by Gasteiger charge is -2.24. The zero-order valence-corrected chi connectivity index (χ0v) is 10.6. The van der Waals surface area contributed by atoms with Gasteiger partial charge in [0.1, 0.15) is 0 Å². The molecule has 0 aromatic heterocycles. The van der Waals surface area contributed by atoms with Gasteiger partial charge in [0.2, 0.25) is 0 Å². The molecule has 0 spiro atoms. The van der Waals surface area contributed by atoms with Crippen molar-refractivity contribution in [2.24, 2.45) is 5.92 Å². The molecule has 0 atom stereocenters. The molecule has 98 valence electrons. The Bertz CT molecular complexity index is 442. The largest absolute Gasteiger partial charge is 0.397 e. The molecule has 1 saturated carbocycles. The van der Waals surface area contributed by atoms with Gasteiger partial charge >= 0.3 is 0 Å². The van der Waals surface area contributed by atoms with Crippen LogP contribution in [0.15, 0.2) is 18.2 Å². The standard InChI is InChI=1S/C13H19N3O2/c1-15(9-10-4-2-3-5-10)13-7-6-11(16(17)18)8-12(13)14/h6-8,10H,2-5,9,14H2,1H3. The van der Waals surface area contributed by atoms with Crippen LogP contribution in [0.25, 0.3) is 0 Å². The summed E-state index contributed by atoms with van der Waals surface area (Å²) in [6.45, 7) is 0.974. The van der Waals surface area contributed by atoms with Crippen LogP contribution in [-0.2, 0) is 0 Å². The number of nitrogens with zero attached hydrogens (tertiary/aromatic N) is 2. The third kappa shape index (κ3) is 2.72. The lowest BCUT2D eigenvalue weighted by Crippen LogP contribution is -2.24. The molecule has 1 fully saturated rings. The van der Waals surface area contributed by atoms with Crippen LogP contribution in [-0.4, -0.2) is 18.5 Å². The monoisotopic (exact) mass is 249 g/mol. The van der Waals surface area contributed by atoms with Crippen LogP contribution in [0.1, 0.15) is 25.7 Å². The van der Waals surface area contributed by atoms with Gasteiger partial charge in [0.05, 0.1) is 16.3 Å². The summed E-state index contributed by atoms with van der Waals surface area (Å²) in [5, 5.41) is 10.6. The number of benzene rings is 1. The lowest BCUT2D eigenvalue weighted by atomic mass is 10.1. The SMILES string of the molecule is CN(CC1CCCC1)c1ccc([N+](=O)[O-])cc1N. The number of rotatable bonds is 4. The predicted molar refractivity (Wildman–Crippen MR) is 72.7 cm³/mol. The van der Waals surface area contributed by atoms with E-state index in [2.05, 4.69) is 4.90 Å². The molecule has 0 bridgehead atoms. The normalized spacial score (nSPS) is 15.8. The van der Waals surface area contributed by atoms with Gasteiger partial charge in [-0.15, -0.1) is 0 Å². The van der Waals surface area contributed by atoms with E-state index < -0.39 is 4.92 Å². The van der Waals surface area contributed by atoms with Gasteiger partial charge in [-0.25, -0.2) is 0 Å². The van der Waals surface area contributed by atoms with Crippen LogP contribution in [0.4, 0.5) is 17.1 Å². The minimum atomic E-state index is -0.420. The molecule has 1 aliphatic rings. The highest BCUT2D eigenvalue weighted by molar-refractivity contribution is 5.70. The summed E-state index contributed by atoms with van der Waals surface area (Å²) in [6.07, 6.45) is 5.18. The number of hydrogen-bond acceptors (Lipinski definition) is 4. The molecule has 1 aromatic carbocycles. The first-order chi connectivity index (χ1) is 8.58. The van der Waals surface area contributed by atoms with Crippen molar-refractivity contribution in [1.82, 2.24) is 0 Å². The van der Waals surface area contributed by atoms with Crippen molar-refractivity contribution in [3.63, 3.8) is 0 Å². The first-order valence-corrected chi connectivity index (χ1v) is 6.33. The minimum Gasteiger partial charge on any atom is -0.397 e. The van der Waals surface area contributed by atoms with E-state index in [1.54, 1.807) is 6.07 Å². The van der Waals surface area contributed by atoms with Crippen LogP contribution in [0.2, 0.25) is 0 Å². The van der Waals surface area contributed by atoms with Crippen molar-refractivity contribution in [2.45, 2.75) is 25.7 Å². The summed E-state index contributed by atoms with van der Waals surface area (Å²) in [4.78, 5) is 12.3. The van der Waals surface area contributed by atoms with Gasteiger partial charge in [-0.05, 0) is 24.8 Å². The summed E-state index contributed by atoms with van der Waals surface area (Å²) in [5.41, 5.74) is 7.29. The highest BCUT2D eigenvalue weighted by Crippen LogP contribution is 2.30. The Morgan fingerprint density at radius 1 is 1.44 bits per heavy atom. The summed E-state index contributed by atoms with van der Waals surface area (Å²) in [5.74, 6) is 0.726. The molecule has 0 heterocycles. The van der Waals surface area contributed by atoms with Crippen LogP contribution in [0.3, 0.4) is 0 Å². The number of nitro groups is 1. The Morgan fingerprint density at radius 3 is 2.67 bits per heavy atom. The molecule has 0 amide bonds. The van der Waals surface area contributed by atoms with E-state index in [0.29, 0.717) is 5.69 Å².